The van der Waals surface area contributed by atoms with Gasteiger partial charge in [-0.1, -0.05) is 70.0 Å². The van der Waals surface area contributed by atoms with Crippen LogP contribution in [-0.4, -0.2) is 22.3 Å². The molecule has 3 aromatic rings. The number of fused-ring (bicyclic) bond motifs is 4. The molecule has 1 saturated heterocycles. The molecule has 6 heteroatoms. The summed E-state index contributed by atoms with van der Waals surface area (Å²) in [6.45, 7) is 0.614. The third-order valence-corrected chi connectivity index (χ3v) is 7.75. The van der Waals surface area contributed by atoms with Crippen LogP contribution in [0.15, 0.2) is 71.3 Å². The summed E-state index contributed by atoms with van der Waals surface area (Å²) in [5.41, 5.74) is -0.768. The highest BCUT2D eigenvalue weighted by molar-refractivity contribution is 9.10. The zero-order valence-corrected chi connectivity index (χ0v) is 18.4. The van der Waals surface area contributed by atoms with Crippen molar-refractivity contribution in [1.82, 2.24) is 4.98 Å². The first-order chi connectivity index (χ1) is 14.5. The third kappa shape index (κ3) is 2.16. The molecule has 4 unspecified atom stereocenters. The summed E-state index contributed by atoms with van der Waals surface area (Å²) in [6, 6.07) is 19.9. The molecule has 4 atom stereocenters. The maximum Gasteiger partial charge on any atom is 0.184 e. The van der Waals surface area contributed by atoms with E-state index in [9.17, 15) is 5.11 Å². The van der Waals surface area contributed by atoms with Crippen molar-refractivity contribution in [2.75, 3.05) is 6.61 Å². The van der Waals surface area contributed by atoms with E-state index in [4.69, 9.17) is 21.1 Å². The van der Waals surface area contributed by atoms with Crippen LogP contribution >= 0.6 is 27.5 Å². The van der Waals surface area contributed by atoms with Crippen molar-refractivity contribution in [1.29, 1.82) is 0 Å². The zero-order valence-electron chi connectivity index (χ0n) is 16.0. The summed E-state index contributed by atoms with van der Waals surface area (Å²) in [7, 11) is 0. The lowest BCUT2D eigenvalue weighted by Crippen LogP contribution is -2.63. The number of halogens is 2. The number of hydrogen-bond donors (Lipinski definition) is 1. The molecule has 0 amide bonds. The van der Waals surface area contributed by atoms with Gasteiger partial charge in [-0.25, -0.2) is 0 Å². The van der Waals surface area contributed by atoms with Crippen LogP contribution in [-0.2, 0) is 15.9 Å². The average molecular weight is 485 g/mol. The summed E-state index contributed by atoms with van der Waals surface area (Å²) in [4.78, 5) is 4.57. The van der Waals surface area contributed by atoms with Crippen LogP contribution in [0.3, 0.4) is 0 Å². The van der Waals surface area contributed by atoms with Gasteiger partial charge < -0.3 is 14.6 Å². The minimum atomic E-state index is -1.44. The first-order valence-electron chi connectivity index (χ1n) is 10.0. The normalized spacial score (nSPS) is 33.6. The van der Waals surface area contributed by atoms with Gasteiger partial charge >= 0.3 is 0 Å². The molecule has 2 aliphatic heterocycles. The Hall–Kier alpha value is -1.92. The van der Waals surface area contributed by atoms with Crippen LogP contribution in [0.1, 0.15) is 35.6 Å². The van der Waals surface area contributed by atoms with E-state index >= 15 is 0 Å². The van der Waals surface area contributed by atoms with Gasteiger partial charge in [-0.2, -0.15) is 0 Å². The Labute approximate surface area is 187 Å². The standard InChI is InChI=1S/C24H19BrClNO3/c25-17-8-6-16(7-9-17)23-19(15-4-2-1-3-5-15)13-22(10-11-29-22)24(23,28)21-20(30-23)12-18(26)14-27-21/h1-9,12,14,19,28H,10-11,13H2. The summed E-state index contributed by atoms with van der Waals surface area (Å²) in [5, 5.41) is 13.1. The summed E-state index contributed by atoms with van der Waals surface area (Å²) >= 11 is 9.77. The van der Waals surface area contributed by atoms with Crippen LogP contribution < -0.4 is 4.74 Å². The van der Waals surface area contributed by atoms with E-state index in [0.717, 1.165) is 22.0 Å². The van der Waals surface area contributed by atoms with E-state index in [-0.39, 0.29) is 5.92 Å². The number of benzene rings is 2. The second kappa shape index (κ2) is 6.30. The molecule has 6 rings (SSSR count). The van der Waals surface area contributed by atoms with E-state index in [1.54, 1.807) is 12.3 Å². The van der Waals surface area contributed by atoms with Crippen LogP contribution in [0.5, 0.6) is 5.75 Å². The lowest BCUT2D eigenvalue weighted by Gasteiger charge is -2.50. The second-order valence-corrected chi connectivity index (χ2v) is 9.67. The molecule has 1 spiro atoms. The molecule has 2 fully saturated rings. The fourth-order valence-electron chi connectivity index (χ4n) is 5.69. The van der Waals surface area contributed by atoms with Crippen molar-refractivity contribution in [2.24, 2.45) is 0 Å². The molecule has 3 aliphatic rings. The lowest BCUT2D eigenvalue weighted by atomic mass is 9.68. The number of rotatable bonds is 2. The van der Waals surface area contributed by atoms with E-state index in [1.807, 2.05) is 42.5 Å². The minimum Gasteiger partial charge on any atom is -0.476 e. The minimum absolute atomic E-state index is 0.127. The number of aliphatic hydroxyl groups is 1. The monoisotopic (exact) mass is 483 g/mol. The molecule has 152 valence electrons. The molecular weight excluding hydrogens is 466 g/mol. The van der Waals surface area contributed by atoms with Gasteiger partial charge in [0.2, 0.25) is 0 Å². The van der Waals surface area contributed by atoms with Gasteiger partial charge in [0.25, 0.3) is 0 Å². The van der Waals surface area contributed by atoms with Crippen molar-refractivity contribution in [3.63, 3.8) is 0 Å². The van der Waals surface area contributed by atoms with Crippen molar-refractivity contribution < 1.29 is 14.6 Å². The topological polar surface area (TPSA) is 51.6 Å². The van der Waals surface area contributed by atoms with E-state index < -0.39 is 16.8 Å². The van der Waals surface area contributed by atoms with Gasteiger partial charge in [0.15, 0.2) is 11.2 Å². The largest absolute Gasteiger partial charge is 0.476 e. The number of nitrogens with zero attached hydrogens (tertiary/aromatic N) is 1. The second-order valence-electron chi connectivity index (χ2n) is 8.32. The van der Waals surface area contributed by atoms with Gasteiger partial charge in [-0.05, 0) is 29.7 Å². The molecule has 1 aromatic heterocycles. The Morgan fingerprint density at radius 3 is 2.50 bits per heavy atom. The smallest absolute Gasteiger partial charge is 0.184 e. The van der Waals surface area contributed by atoms with Crippen molar-refractivity contribution in [3.8, 4) is 5.75 Å². The Bertz CT molecular complexity index is 1130. The average Bonchev–Trinajstić information content (AvgIpc) is 3.11. The molecule has 1 saturated carbocycles. The van der Waals surface area contributed by atoms with E-state index in [2.05, 4.69) is 33.0 Å². The molecule has 2 aromatic carbocycles. The Balaban J connectivity index is 1.68. The third-order valence-electron chi connectivity index (χ3n) is 7.01. The quantitative estimate of drug-likeness (QED) is 0.535. The Morgan fingerprint density at radius 2 is 1.83 bits per heavy atom. The van der Waals surface area contributed by atoms with Crippen molar-refractivity contribution >= 4 is 27.5 Å². The fraction of sp³-hybridized carbons (Fsp3) is 0.292. The number of pyridine rings is 1. The first kappa shape index (κ1) is 18.8. The Morgan fingerprint density at radius 1 is 1.10 bits per heavy atom. The zero-order chi connectivity index (χ0) is 20.6. The van der Waals surface area contributed by atoms with Gasteiger partial charge in [0.1, 0.15) is 17.0 Å². The summed E-state index contributed by atoms with van der Waals surface area (Å²) in [5.74, 6) is 0.390. The van der Waals surface area contributed by atoms with Gasteiger partial charge in [-0.3, -0.25) is 4.98 Å². The van der Waals surface area contributed by atoms with Crippen molar-refractivity contribution in [2.45, 2.75) is 35.6 Å². The highest BCUT2D eigenvalue weighted by atomic mass is 79.9. The molecule has 0 bridgehead atoms. The molecule has 30 heavy (non-hydrogen) atoms. The molecule has 3 heterocycles. The SMILES string of the molecule is OC12c3ncc(Cl)cc3OC1(c1ccc(Br)cc1)C(c1ccccc1)CC21CCO1. The predicted octanol–water partition coefficient (Wildman–Crippen LogP) is 5.32. The van der Waals surface area contributed by atoms with Crippen LogP contribution in [0.25, 0.3) is 0 Å². The van der Waals surface area contributed by atoms with Crippen LogP contribution in [0.4, 0.5) is 0 Å². The molecule has 4 nitrogen and oxygen atoms in total. The van der Waals surface area contributed by atoms with Gasteiger partial charge in [0, 0.05) is 29.1 Å². The molecule has 0 radical (unpaired) electrons. The number of ether oxygens (including phenoxy) is 2. The fourth-order valence-corrected chi connectivity index (χ4v) is 6.10. The highest BCUT2D eigenvalue weighted by Crippen LogP contribution is 2.72. The summed E-state index contributed by atoms with van der Waals surface area (Å²) < 4.78 is 13.9. The molecule has 1 aliphatic carbocycles. The van der Waals surface area contributed by atoms with Crippen LogP contribution in [0.2, 0.25) is 5.02 Å². The van der Waals surface area contributed by atoms with Gasteiger partial charge in [-0.15, -0.1) is 0 Å². The highest BCUT2D eigenvalue weighted by Gasteiger charge is 2.81. The van der Waals surface area contributed by atoms with Crippen molar-refractivity contribution in [3.05, 3.63) is 93.2 Å². The predicted molar refractivity (Wildman–Crippen MR) is 117 cm³/mol. The van der Waals surface area contributed by atoms with Gasteiger partial charge in [0.05, 0.1) is 11.6 Å². The maximum atomic E-state index is 12.6. The summed E-state index contributed by atoms with van der Waals surface area (Å²) in [6.07, 6.45) is 2.97. The maximum absolute atomic E-state index is 12.6. The number of aromatic nitrogens is 1. The van der Waals surface area contributed by atoms with Crippen LogP contribution in [0, 0.1) is 0 Å². The molecule has 1 N–H and O–H groups in total. The Kier molecular flexibility index (Phi) is 3.95. The lowest BCUT2D eigenvalue weighted by molar-refractivity contribution is -0.270. The number of hydrogen-bond acceptors (Lipinski definition) is 4. The van der Waals surface area contributed by atoms with E-state index in [1.165, 1.54) is 0 Å². The first-order valence-corrected chi connectivity index (χ1v) is 11.2. The van der Waals surface area contributed by atoms with E-state index in [0.29, 0.717) is 29.5 Å². The molecular formula is C24H19BrClNO3.